The van der Waals surface area contributed by atoms with Gasteiger partial charge < -0.3 is 9.30 Å². The van der Waals surface area contributed by atoms with Crippen LogP contribution in [0.25, 0.3) is 17.0 Å². The van der Waals surface area contributed by atoms with Gasteiger partial charge in [-0.05, 0) is 61.0 Å². The van der Waals surface area contributed by atoms with E-state index in [9.17, 15) is 9.59 Å². The third kappa shape index (κ3) is 4.72. The highest BCUT2D eigenvalue weighted by atomic mass is 35.5. The van der Waals surface area contributed by atoms with Crippen LogP contribution in [0.15, 0.2) is 83.9 Å². The Hall–Kier alpha value is -3.48. The zero-order valence-electron chi connectivity index (χ0n) is 19.1. The summed E-state index contributed by atoms with van der Waals surface area (Å²) in [4.78, 5) is 27.3. The Morgan fingerprint density at radius 2 is 1.71 bits per heavy atom. The van der Waals surface area contributed by atoms with Gasteiger partial charge in [-0.25, -0.2) is 4.90 Å². The van der Waals surface area contributed by atoms with Gasteiger partial charge in [0.1, 0.15) is 5.75 Å². The third-order valence-corrected chi connectivity index (χ3v) is 7.08. The number of halogens is 1. The number of rotatable bonds is 7. The first-order chi connectivity index (χ1) is 17.0. The smallest absolute Gasteiger partial charge is 0.298 e. The number of carbonyl (C=O) groups is 2. The van der Waals surface area contributed by atoms with Crippen molar-refractivity contribution in [1.29, 1.82) is 0 Å². The maximum atomic E-state index is 13.1. The molecule has 0 atom stereocenters. The fraction of sp³-hybridized carbons (Fsp3) is 0.143. The molecular weight excluding hydrogens is 480 g/mol. The monoisotopic (exact) mass is 502 g/mol. The molecule has 5 rings (SSSR count). The zero-order valence-corrected chi connectivity index (χ0v) is 20.7. The lowest BCUT2D eigenvalue weighted by Gasteiger charge is -2.13. The minimum absolute atomic E-state index is 0.355. The number of anilines is 1. The van der Waals surface area contributed by atoms with Crippen molar-refractivity contribution in [3.8, 4) is 5.75 Å². The van der Waals surface area contributed by atoms with E-state index in [2.05, 4.69) is 10.6 Å². The Labute approximate surface area is 212 Å². The van der Waals surface area contributed by atoms with Gasteiger partial charge in [-0.15, -0.1) is 0 Å². The van der Waals surface area contributed by atoms with E-state index in [-0.39, 0.29) is 11.1 Å². The first kappa shape index (κ1) is 23.3. The van der Waals surface area contributed by atoms with Gasteiger partial charge in [-0.3, -0.25) is 9.59 Å². The van der Waals surface area contributed by atoms with Crippen molar-refractivity contribution in [2.75, 3.05) is 11.5 Å². The van der Waals surface area contributed by atoms with Crippen LogP contribution >= 0.6 is 23.4 Å². The van der Waals surface area contributed by atoms with Gasteiger partial charge in [0.15, 0.2) is 0 Å². The van der Waals surface area contributed by atoms with Crippen molar-refractivity contribution in [2.24, 2.45) is 0 Å². The number of aryl methyl sites for hydroxylation is 2. The number of fused-ring (bicyclic) bond motifs is 1. The Morgan fingerprint density at radius 1 is 0.971 bits per heavy atom. The number of carbonyl (C=O) groups excluding carboxylic acids is 2. The number of para-hydroxylation sites is 3. The van der Waals surface area contributed by atoms with E-state index < -0.39 is 0 Å². The van der Waals surface area contributed by atoms with E-state index in [0.717, 1.165) is 57.4 Å². The molecule has 1 fully saturated rings. The van der Waals surface area contributed by atoms with E-state index >= 15 is 0 Å². The molecule has 1 aromatic heterocycles. The third-order valence-electron chi connectivity index (χ3n) is 5.89. The number of thioether (sulfide) groups is 1. The lowest BCUT2D eigenvalue weighted by atomic mass is 10.1. The summed E-state index contributed by atoms with van der Waals surface area (Å²) in [6.45, 7) is 3.40. The van der Waals surface area contributed by atoms with E-state index in [1.54, 1.807) is 30.3 Å². The molecule has 1 aliphatic rings. The predicted octanol–water partition coefficient (Wildman–Crippen LogP) is 7.31. The summed E-state index contributed by atoms with van der Waals surface area (Å²) in [6, 6.07) is 22.9. The summed E-state index contributed by atoms with van der Waals surface area (Å²) in [7, 11) is 0. The molecule has 176 valence electrons. The molecule has 7 heteroatoms. The maximum Gasteiger partial charge on any atom is 0.298 e. The molecule has 0 saturated carbocycles. The second-order valence-electron chi connectivity index (χ2n) is 8.23. The Bertz CT molecular complexity index is 1460. The van der Waals surface area contributed by atoms with E-state index in [4.69, 9.17) is 16.3 Å². The van der Waals surface area contributed by atoms with Crippen LogP contribution < -0.4 is 9.64 Å². The van der Waals surface area contributed by atoms with Crippen molar-refractivity contribution >= 4 is 57.2 Å². The second kappa shape index (κ2) is 10.0. The van der Waals surface area contributed by atoms with Crippen LogP contribution in [-0.2, 0) is 11.3 Å². The quantitative estimate of drug-likeness (QED) is 0.196. The summed E-state index contributed by atoms with van der Waals surface area (Å²) in [5.74, 6) is 0.538. The van der Waals surface area contributed by atoms with Gasteiger partial charge in [0.2, 0.25) is 0 Å². The van der Waals surface area contributed by atoms with Crippen molar-refractivity contribution in [2.45, 2.75) is 19.9 Å². The van der Waals surface area contributed by atoms with E-state index in [0.29, 0.717) is 22.2 Å². The van der Waals surface area contributed by atoms with E-state index in [1.807, 2.05) is 55.6 Å². The average Bonchev–Trinajstić information content (AvgIpc) is 3.34. The van der Waals surface area contributed by atoms with Crippen LogP contribution in [0, 0.1) is 6.92 Å². The van der Waals surface area contributed by atoms with Crippen molar-refractivity contribution in [1.82, 2.24) is 4.57 Å². The summed E-state index contributed by atoms with van der Waals surface area (Å²) in [5, 5.41) is 1.03. The van der Waals surface area contributed by atoms with Crippen molar-refractivity contribution in [3.63, 3.8) is 0 Å². The normalized spacial score (nSPS) is 14.9. The van der Waals surface area contributed by atoms with E-state index in [1.165, 1.54) is 0 Å². The number of nitrogens with zero attached hydrogens (tertiary/aromatic N) is 2. The van der Waals surface area contributed by atoms with Crippen LogP contribution in [-0.4, -0.2) is 22.3 Å². The first-order valence-corrected chi connectivity index (χ1v) is 12.5. The van der Waals surface area contributed by atoms with Gasteiger partial charge in [0.05, 0.1) is 22.2 Å². The highest BCUT2D eigenvalue weighted by molar-refractivity contribution is 8.19. The highest BCUT2D eigenvalue weighted by Crippen LogP contribution is 2.39. The molecule has 0 spiro atoms. The summed E-state index contributed by atoms with van der Waals surface area (Å²) in [5.41, 5.74) is 3.48. The average molecular weight is 503 g/mol. The number of hydrogen-bond acceptors (Lipinski definition) is 4. The van der Waals surface area contributed by atoms with Crippen molar-refractivity contribution in [3.05, 3.63) is 100 Å². The van der Waals surface area contributed by atoms with Crippen LogP contribution in [0.3, 0.4) is 0 Å². The summed E-state index contributed by atoms with van der Waals surface area (Å²) < 4.78 is 8.11. The molecule has 0 radical (unpaired) electrons. The van der Waals surface area contributed by atoms with Crippen LogP contribution in [0.1, 0.15) is 17.5 Å². The zero-order chi connectivity index (χ0) is 24.4. The molecule has 3 aromatic carbocycles. The Kier molecular flexibility index (Phi) is 6.66. The van der Waals surface area contributed by atoms with Crippen LogP contribution in [0.5, 0.6) is 5.75 Å². The highest BCUT2D eigenvalue weighted by Gasteiger charge is 2.37. The second-order valence-corrected chi connectivity index (χ2v) is 9.63. The summed E-state index contributed by atoms with van der Waals surface area (Å²) in [6.07, 6.45) is 4.65. The molecule has 1 saturated heterocycles. The SMILES string of the molecule is Cc1ccccc1OCCCn1cc(/C=C2\SC(=O)N(c3ccccc3Cl)C2=O)c2ccccc21. The molecule has 0 N–H and O–H groups in total. The fourth-order valence-corrected chi connectivity index (χ4v) is 5.21. The summed E-state index contributed by atoms with van der Waals surface area (Å²) >= 11 is 7.17. The van der Waals surface area contributed by atoms with Crippen LogP contribution in [0.2, 0.25) is 5.02 Å². The first-order valence-electron chi connectivity index (χ1n) is 11.3. The molecule has 0 aliphatic carbocycles. The van der Waals surface area contributed by atoms with Gasteiger partial charge in [-0.2, -0.15) is 0 Å². The molecule has 4 aromatic rings. The van der Waals surface area contributed by atoms with Gasteiger partial charge in [0, 0.05) is 29.2 Å². The van der Waals surface area contributed by atoms with Gasteiger partial charge in [-0.1, -0.05) is 60.1 Å². The van der Waals surface area contributed by atoms with Gasteiger partial charge in [0.25, 0.3) is 11.1 Å². The number of benzene rings is 3. The minimum Gasteiger partial charge on any atom is -0.493 e. The maximum absolute atomic E-state index is 13.1. The Balaban J connectivity index is 1.36. The largest absolute Gasteiger partial charge is 0.493 e. The van der Waals surface area contributed by atoms with Crippen molar-refractivity contribution < 1.29 is 14.3 Å². The standard InChI is InChI=1S/C28H23ClN2O3S/c1-19-9-2-7-14-25(19)34-16-8-15-30-18-20(21-10-3-5-12-23(21)30)17-26-27(32)31(28(33)35-26)24-13-6-4-11-22(24)29/h2-7,9-14,17-18H,8,15-16H2,1H3/b26-17-. The molecule has 2 heterocycles. The number of amides is 2. The van der Waals surface area contributed by atoms with Gasteiger partial charge >= 0.3 is 0 Å². The topological polar surface area (TPSA) is 51.5 Å². The minimum atomic E-state index is -0.364. The molecule has 35 heavy (non-hydrogen) atoms. The number of aromatic nitrogens is 1. The molecule has 1 aliphatic heterocycles. The number of ether oxygens (including phenoxy) is 1. The molecule has 0 bridgehead atoms. The number of imide groups is 1. The molecular formula is C28H23ClN2O3S. The fourth-order valence-electron chi connectivity index (χ4n) is 4.16. The molecule has 5 nitrogen and oxygen atoms in total. The molecule has 0 unspecified atom stereocenters. The predicted molar refractivity (Wildman–Crippen MR) is 143 cm³/mol. The lowest BCUT2D eigenvalue weighted by molar-refractivity contribution is -0.113. The van der Waals surface area contributed by atoms with Crippen LogP contribution in [0.4, 0.5) is 10.5 Å². The lowest BCUT2D eigenvalue weighted by Crippen LogP contribution is -2.27. The number of hydrogen-bond donors (Lipinski definition) is 0. The Morgan fingerprint density at radius 3 is 2.54 bits per heavy atom. The molecule has 2 amide bonds.